The highest BCUT2D eigenvalue weighted by Crippen LogP contribution is 2.41. The maximum atomic E-state index is 5.31. The molecular formula is C116H78N2. The summed E-state index contributed by atoms with van der Waals surface area (Å²) in [6.07, 6.45) is 0. The van der Waals surface area contributed by atoms with E-state index in [0.29, 0.717) is 0 Å². The molecule has 2 heterocycles. The molecule has 0 aliphatic rings. The number of pyridine rings is 2. The van der Waals surface area contributed by atoms with Crippen molar-refractivity contribution in [2.45, 2.75) is 0 Å². The van der Waals surface area contributed by atoms with E-state index in [0.717, 1.165) is 61.7 Å². The Labute approximate surface area is 689 Å². The summed E-state index contributed by atoms with van der Waals surface area (Å²) in [4.78, 5) is 10.6. The van der Waals surface area contributed by atoms with Crippen LogP contribution in [0.15, 0.2) is 473 Å². The molecule has 2 heteroatoms. The normalized spacial score (nSPS) is 11.2. The van der Waals surface area contributed by atoms with Crippen LogP contribution in [0.25, 0.3) is 211 Å². The number of fused-ring (bicyclic) bond motifs is 4. The van der Waals surface area contributed by atoms with Gasteiger partial charge >= 0.3 is 0 Å². The van der Waals surface area contributed by atoms with E-state index in [4.69, 9.17) is 9.97 Å². The minimum Gasteiger partial charge on any atom is -0.248 e. The van der Waals surface area contributed by atoms with Gasteiger partial charge in [-0.15, -0.1) is 0 Å². The van der Waals surface area contributed by atoms with Crippen LogP contribution in [0.3, 0.4) is 0 Å². The molecule has 0 N–H and O–H groups in total. The third-order valence-electron chi connectivity index (χ3n) is 23.1. The molecule has 19 aromatic carbocycles. The van der Waals surface area contributed by atoms with Gasteiger partial charge in [-0.25, -0.2) is 9.97 Å². The second-order valence-corrected chi connectivity index (χ2v) is 30.3. The minimum absolute atomic E-state index is 0.940. The molecule has 0 unspecified atom stereocenters. The molecule has 0 saturated heterocycles. The molecule has 21 rings (SSSR count). The first-order valence-electron chi connectivity index (χ1n) is 40.5. The van der Waals surface area contributed by atoms with Crippen LogP contribution >= 0.6 is 0 Å². The van der Waals surface area contributed by atoms with Crippen LogP contribution in [0.5, 0.6) is 0 Å². The van der Waals surface area contributed by atoms with Crippen LogP contribution in [0, 0.1) is 0 Å². The second-order valence-electron chi connectivity index (χ2n) is 30.3. The Bertz CT molecular complexity index is 6770. The Kier molecular flexibility index (Phi) is 19.5. The SMILES string of the molecule is c1ccc(-c2cc(-c3ccc(-c4ccc(-c5cccc6ccccc56)cc4)cc3)nc(-c3ccc(-c4ccc(-c5cccc6ccccc56)cc4)cc3)c2)cc1.c1ccc(-c2ccc(-c3cc(-c4ccc(-c5ccc(-c6cccc7ccccc67)cc5)cc4)nc(-c4ccc(-c5ccc(-c6cccc7ccccc67)cc5)cc4)c3)cc2)cc1. The van der Waals surface area contributed by atoms with E-state index < -0.39 is 0 Å². The smallest absolute Gasteiger partial charge is 0.0715 e. The van der Waals surface area contributed by atoms with E-state index in [1.807, 2.05) is 0 Å². The van der Waals surface area contributed by atoms with Crippen LogP contribution in [0.4, 0.5) is 0 Å². The zero-order chi connectivity index (χ0) is 78.5. The topological polar surface area (TPSA) is 25.8 Å². The average molecular weight is 1500 g/mol. The third kappa shape index (κ3) is 14.9. The van der Waals surface area contributed by atoms with Crippen LogP contribution in [-0.4, -0.2) is 9.97 Å². The first-order chi connectivity index (χ1) is 58.4. The molecule has 0 amide bonds. The van der Waals surface area contributed by atoms with Crippen LogP contribution < -0.4 is 0 Å². The summed E-state index contributed by atoms with van der Waals surface area (Å²) in [5.41, 5.74) is 34.5. The summed E-state index contributed by atoms with van der Waals surface area (Å²) in [5.74, 6) is 0. The van der Waals surface area contributed by atoms with E-state index in [-0.39, 0.29) is 0 Å². The number of hydrogen-bond acceptors (Lipinski definition) is 2. The summed E-state index contributed by atoms with van der Waals surface area (Å²) in [5, 5.41) is 10.1. The minimum atomic E-state index is 0.940. The van der Waals surface area contributed by atoms with Gasteiger partial charge in [0.25, 0.3) is 0 Å². The lowest BCUT2D eigenvalue weighted by molar-refractivity contribution is 1.32. The number of rotatable bonds is 15. The van der Waals surface area contributed by atoms with Gasteiger partial charge in [0, 0.05) is 22.3 Å². The van der Waals surface area contributed by atoms with Crippen LogP contribution in [0.2, 0.25) is 0 Å². The van der Waals surface area contributed by atoms with Crippen molar-refractivity contribution in [1.29, 1.82) is 0 Å². The number of nitrogens with zero attached hydrogens (tertiary/aromatic N) is 2. The highest BCUT2D eigenvalue weighted by atomic mass is 14.7. The molecule has 118 heavy (non-hydrogen) atoms. The molecule has 0 aliphatic carbocycles. The molecule has 2 aromatic heterocycles. The lowest BCUT2D eigenvalue weighted by atomic mass is 9.95. The Morgan fingerprint density at radius 2 is 0.254 bits per heavy atom. The molecule has 0 fully saturated rings. The Hall–Kier alpha value is -15.5. The van der Waals surface area contributed by atoms with Crippen molar-refractivity contribution >= 4 is 43.1 Å². The van der Waals surface area contributed by atoms with Crippen molar-refractivity contribution in [2.75, 3.05) is 0 Å². The average Bonchev–Trinajstić information content (AvgIpc) is 0.654. The lowest BCUT2D eigenvalue weighted by Gasteiger charge is -2.13. The van der Waals surface area contributed by atoms with Crippen LogP contribution in [0.1, 0.15) is 0 Å². The fourth-order valence-corrected chi connectivity index (χ4v) is 16.7. The summed E-state index contributed by atoms with van der Waals surface area (Å²) in [6, 6.07) is 170. The molecule has 0 spiro atoms. The number of aromatic nitrogens is 2. The fourth-order valence-electron chi connectivity index (χ4n) is 16.7. The van der Waals surface area contributed by atoms with Gasteiger partial charge in [0.2, 0.25) is 0 Å². The van der Waals surface area contributed by atoms with E-state index in [2.05, 4.69) is 473 Å². The number of benzene rings is 19. The maximum Gasteiger partial charge on any atom is 0.0715 e. The van der Waals surface area contributed by atoms with Crippen molar-refractivity contribution in [3.8, 4) is 167 Å². The number of hydrogen-bond donors (Lipinski definition) is 0. The molecular weight excluding hydrogens is 1420 g/mol. The van der Waals surface area contributed by atoms with Crippen molar-refractivity contribution in [2.24, 2.45) is 0 Å². The van der Waals surface area contributed by atoms with Gasteiger partial charge in [-0.2, -0.15) is 0 Å². The highest BCUT2D eigenvalue weighted by Gasteiger charge is 2.17. The van der Waals surface area contributed by atoms with E-state index >= 15 is 0 Å². The van der Waals surface area contributed by atoms with Crippen molar-refractivity contribution in [3.05, 3.63) is 473 Å². The van der Waals surface area contributed by atoms with Gasteiger partial charge in [-0.05, 0) is 190 Å². The molecule has 0 atom stereocenters. The monoisotopic (exact) mass is 1500 g/mol. The largest absolute Gasteiger partial charge is 0.248 e. The molecule has 0 bridgehead atoms. The van der Waals surface area contributed by atoms with E-state index in [1.165, 1.54) is 149 Å². The molecule has 2 nitrogen and oxygen atoms in total. The predicted octanol–water partition coefficient (Wildman–Crippen LogP) is 31.8. The van der Waals surface area contributed by atoms with Crippen molar-refractivity contribution in [3.63, 3.8) is 0 Å². The molecule has 0 aliphatic heterocycles. The lowest BCUT2D eigenvalue weighted by Crippen LogP contribution is -1.92. The van der Waals surface area contributed by atoms with Gasteiger partial charge in [0.1, 0.15) is 0 Å². The molecule has 0 radical (unpaired) electrons. The van der Waals surface area contributed by atoms with Crippen LogP contribution in [-0.2, 0) is 0 Å². The quantitative estimate of drug-likeness (QED) is 0.102. The van der Waals surface area contributed by atoms with Gasteiger partial charge in [-0.1, -0.05) is 449 Å². The highest BCUT2D eigenvalue weighted by molar-refractivity contribution is 6.01. The third-order valence-corrected chi connectivity index (χ3v) is 23.1. The van der Waals surface area contributed by atoms with E-state index in [9.17, 15) is 0 Å². The van der Waals surface area contributed by atoms with Gasteiger partial charge in [-0.3, -0.25) is 0 Å². The van der Waals surface area contributed by atoms with E-state index in [1.54, 1.807) is 0 Å². The van der Waals surface area contributed by atoms with Crippen molar-refractivity contribution in [1.82, 2.24) is 9.97 Å². The van der Waals surface area contributed by atoms with Gasteiger partial charge in [0.15, 0.2) is 0 Å². The molecule has 552 valence electrons. The second kappa shape index (κ2) is 32.2. The summed E-state index contributed by atoms with van der Waals surface area (Å²) in [6.45, 7) is 0. The zero-order valence-corrected chi connectivity index (χ0v) is 64.9. The predicted molar refractivity (Wildman–Crippen MR) is 500 cm³/mol. The molecule has 0 saturated carbocycles. The first kappa shape index (κ1) is 71.6. The summed E-state index contributed by atoms with van der Waals surface area (Å²) >= 11 is 0. The Morgan fingerprint density at radius 3 is 0.475 bits per heavy atom. The first-order valence-corrected chi connectivity index (χ1v) is 40.5. The summed E-state index contributed by atoms with van der Waals surface area (Å²) < 4.78 is 0. The Balaban J connectivity index is 0.000000152. The Morgan fingerprint density at radius 1 is 0.102 bits per heavy atom. The van der Waals surface area contributed by atoms with Gasteiger partial charge < -0.3 is 0 Å². The standard InChI is InChI=1S/C61H41N.C55H37N/c1-2-10-42(11-3-1)43-20-22-48(23-21-43)55-40-60(53-36-28-46(29-37-53)44-24-32-51(33-25-44)58-18-8-14-49-12-4-6-16-56(49)58)62-61(41-55)54-38-30-47(31-39-54)45-26-34-52(35-27-45)59-19-9-15-50-13-5-7-17-57(50)59;1-2-10-38(11-3-1)49-36-54(47-32-24-41(25-33-47)39-20-28-45(29-21-39)52-18-8-14-43-12-4-6-16-50(43)52)56-55(37-49)48-34-26-42(27-35-48)40-22-30-46(31-23-40)53-19-9-15-44-13-5-7-17-51(44)53/h1-41H;1-37H. The van der Waals surface area contributed by atoms with Crippen molar-refractivity contribution < 1.29 is 0 Å². The zero-order valence-electron chi connectivity index (χ0n) is 64.9. The summed E-state index contributed by atoms with van der Waals surface area (Å²) in [7, 11) is 0. The van der Waals surface area contributed by atoms with Gasteiger partial charge in [0.05, 0.1) is 22.8 Å². The maximum absolute atomic E-state index is 5.31. The fraction of sp³-hybridized carbons (Fsp3) is 0. The molecule has 21 aromatic rings.